The van der Waals surface area contributed by atoms with E-state index in [4.69, 9.17) is 9.47 Å². The number of H-pyrrole nitrogens is 1. The molecule has 3 aromatic rings. The van der Waals surface area contributed by atoms with Gasteiger partial charge in [0, 0.05) is 34.8 Å². The SMILES string of the molecule is COc1ccc2[nH]c(C)c(CC(=O)NC3CCCCCC(C(=O)NCc4ccc(F)cc4F)CO3)c2c1. The van der Waals surface area contributed by atoms with E-state index in [1.54, 1.807) is 7.11 Å². The Morgan fingerprint density at radius 3 is 2.70 bits per heavy atom. The number of carbonyl (C=O) groups excluding carboxylic acids is 2. The van der Waals surface area contributed by atoms with Crippen LogP contribution in [0.5, 0.6) is 5.75 Å². The Labute approximate surface area is 214 Å². The highest BCUT2D eigenvalue weighted by Gasteiger charge is 2.24. The highest BCUT2D eigenvalue weighted by molar-refractivity contribution is 5.91. The van der Waals surface area contributed by atoms with E-state index in [1.165, 1.54) is 6.07 Å². The lowest BCUT2D eigenvalue weighted by Crippen LogP contribution is -2.40. The minimum atomic E-state index is -0.697. The summed E-state index contributed by atoms with van der Waals surface area (Å²) in [6, 6.07) is 9.00. The van der Waals surface area contributed by atoms with Crippen LogP contribution in [0, 0.1) is 24.5 Å². The van der Waals surface area contributed by atoms with E-state index in [0.29, 0.717) is 12.8 Å². The van der Waals surface area contributed by atoms with E-state index in [9.17, 15) is 18.4 Å². The molecule has 7 nitrogen and oxygen atoms in total. The van der Waals surface area contributed by atoms with Crippen LogP contribution in [0.25, 0.3) is 10.9 Å². The number of hydrogen-bond donors (Lipinski definition) is 3. The third-order valence-electron chi connectivity index (χ3n) is 6.84. The molecule has 0 spiro atoms. The molecular formula is C28H33F2N3O4. The molecule has 0 saturated carbocycles. The lowest BCUT2D eigenvalue weighted by Gasteiger charge is -2.21. The van der Waals surface area contributed by atoms with Gasteiger partial charge in [-0.2, -0.15) is 0 Å². The predicted octanol–water partition coefficient (Wildman–Crippen LogP) is 4.66. The number of benzene rings is 2. The van der Waals surface area contributed by atoms with E-state index in [2.05, 4.69) is 15.6 Å². The lowest BCUT2D eigenvalue weighted by atomic mass is 10.0. The molecule has 2 atom stereocenters. The Morgan fingerprint density at radius 1 is 1.11 bits per heavy atom. The number of halogens is 2. The summed E-state index contributed by atoms with van der Waals surface area (Å²) in [6.07, 6.45) is 3.60. The summed E-state index contributed by atoms with van der Waals surface area (Å²) in [7, 11) is 1.61. The van der Waals surface area contributed by atoms with Gasteiger partial charge in [-0.3, -0.25) is 9.59 Å². The number of aromatic amines is 1. The molecule has 0 bridgehead atoms. The summed E-state index contributed by atoms with van der Waals surface area (Å²) in [5.41, 5.74) is 2.98. The van der Waals surface area contributed by atoms with Gasteiger partial charge in [-0.1, -0.05) is 18.9 Å². The second-order valence-electron chi connectivity index (χ2n) is 9.49. The van der Waals surface area contributed by atoms with Crippen molar-refractivity contribution in [3.63, 3.8) is 0 Å². The van der Waals surface area contributed by atoms with E-state index in [0.717, 1.165) is 59.3 Å². The number of aromatic nitrogens is 1. The third kappa shape index (κ3) is 6.85. The first kappa shape index (κ1) is 26.6. The Kier molecular flexibility index (Phi) is 8.76. The molecule has 2 unspecified atom stereocenters. The summed E-state index contributed by atoms with van der Waals surface area (Å²) in [5, 5.41) is 6.65. The van der Waals surface area contributed by atoms with Gasteiger partial charge in [0.2, 0.25) is 11.8 Å². The Balaban J connectivity index is 1.35. The van der Waals surface area contributed by atoms with Crippen LogP contribution in [0.1, 0.15) is 48.9 Å². The molecule has 3 N–H and O–H groups in total. The average molecular weight is 514 g/mol. The van der Waals surface area contributed by atoms with Gasteiger partial charge >= 0.3 is 0 Å². The summed E-state index contributed by atoms with van der Waals surface area (Å²) < 4.78 is 38.4. The molecule has 0 aliphatic carbocycles. The summed E-state index contributed by atoms with van der Waals surface area (Å²) >= 11 is 0. The number of fused-ring (bicyclic) bond motifs is 1. The molecule has 1 aliphatic heterocycles. The highest BCUT2D eigenvalue weighted by atomic mass is 19.1. The number of carbonyl (C=O) groups is 2. The van der Waals surface area contributed by atoms with Gasteiger partial charge in [0.25, 0.3) is 0 Å². The smallest absolute Gasteiger partial charge is 0.226 e. The molecule has 1 aromatic heterocycles. The van der Waals surface area contributed by atoms with Crippen LogP contribution in [-0.4, -0.2) is 36.7 Å². The fourth-order valence-corrected chi connectivity index (χ4v) is 4.72. The van der Waals surface area contributed by atoms with Crippen molar-refractivity contribution in [3.05, 3.63) is 64.9 Å². The second-order valence-corrected chi connectivity index (χ2v) is 9.49. The van der Waals surface area contributed by atoms with Crippen LogP contribution < -0.4 is 15.4 Å². The summed E-state index contributed by atoms with van der Waals surface area (Å²) in [5.74, 6) is -1.48. The first-order chi connectivity index (χ1) is 17.8. The summed E-state index contributed by atoms with van der Waals surface area (Å²) in [4.78, 5) is 29.1. The first-order valence-electron chi connectivity index (χ1n) is 12.6. The number of methoxy groups -OCH3 is 1. The van der Waals surface area contributed by atoms with Crippen molar-refractivity contribution in [2.45, 2.75) is 58.2 Å². The van der Waals surface area contributed by atoms with Gasteiger partial charge in [-0.05, 0) is 56.0 Å². The molecule has 1 aliphatic rings. The maximum atomic E-state index is 13.9. The van der Waals surface area contributed by atoms with Crippen molar-refractivity contribution in [2.24, 2.45) is 5.92 Å². The fourth-order valence-electron chi connectivity index (χ4n) is 4.72. The minimum absolute atomic E-state index is 0.0314. The van der Waals surface area contributed by atoms with Crippen molar-refractivity contribution < 1.29 is 27.8 Å². The molecule has 4 rings (SSSR count). The second kappa shape index (κ2) is 12.2. The van der Waals surface area contributed by atoms with Crippen molar-refractivity contribution in [1.82, 2.24) is 15.6 Å². The van der Waals surface area contributed by atoms with Gasteiger partial charge in [0.15, 0.2) is 0 Å². The molecule has 2 aromatic carbocycles. The van der Waals surface area contributed by atoms with E-state index >= 15 is 0 Å². The number of amides is 2. The first-order valence-corrected chi connectivity index (χ1v) is 12.6. The molecule has 2 amide bonds. The number of nitrogens with one attached hydrogen (secondary N) is 3. The fraction of sp³-hybridized carbons (Fsp3) is 0.429. The number of ether oxygens (including phenoxy) is 2. The number of rotatable bonds is 7. The van der Waals surface area contributed by atoms with E-state index in [1.807, 2.05) is 25.1 Å². The average Bonchev–Trinajstić information content (AvgIpc) is 3.23. The third-order valence-corrected chi connectivity index (χ3v) is 6.84. The predicted molar refractivity (Wildman–Crippen MR) is 136 cm³/mol. The zero-order valence-electron chi connectivity index (χ0n) is 21.2. The Hall–Kier alpha value is -3.46. The largest absolute Gasteiger partial charge is 0.497 e. The van der Waals surface area contributed by atoms with Crippen LogP contribution in [0.15, 0.2) is 36.4 Å². The normalized spacial score (nSPS) is 18.5. The molecular weight excluding hydrogens is 480 g/mol. The maximum Gasteiger partial charge on any atom is 0.226 e. The number of hydrogen-bond acceptors (Lipinski definition) is 4. The monoisotopic (exact) mass is 513 g/mol. The van der Waals surface area contributed by atoms with Gasteiger partial charge in [-0.25, -0.2) is 8.78 Å². The van der Waals surface area contributed by atoms with Gasteiger partial charge in [0.05, 0.1) is 26.1 Å². The molecule has 198 valence electrons. The van der Waals surface area contributed by atoms with Crippen molar-refractivity contribution in [3.8, 4) is 5.75 Å². The van der Waals surface area contributed by atoms with Gasteiger partial charge in [0.1, 0.15) is 23.6 Å². The summed E-state index contributed by atoms with van der Waals surface area (Å²) in [6.45, 7) is 2.05. The van der Waals surface area contributed by atoms with Crippen molar-refractivity contribution in [1.29, 1.82) is 0 Å². The van der Waals surface area contributed by atoms with Crippen LogP contribution in [0.4, 0.5) is 8.78 Å². The van der Waals surface area contributed by atoms with Gasteiger partial charge < -0.3 is 25.1 Å². The molecule has 0 radical (unpaired) electrons. The molecule has 37 heavy (non-hydrogen) atoms. The van der Waals surface area contributed by atoms with Crippen LogP contribution in [0.3, 0.4) is 0 Å². The van der Waals surface area contributed by atoms with Crippen molar-refractivity contribution >= 4 is 22.7 Å². The quantitative estimate of drug-likeness (QED) is 0.429. The Morgan fingerprint density at radius 2 is 1.92 bits per heavy atom. The highest BCUT2D eigenvalue weighted by Crippen LogP contribution is 2.27. The van der Waals surface area contributed by atoms with Crippen LogP contribution in [-0.2, 0) is 27.3 Å². The molecule has 1 saturated heterocycles. The Bertz CT molecular complexity index is 1260. The number of aryl methyl sites for hydroxylation is 1. The molecule has 1 fully saturated rings. The standard InChI is InChI=1S/C28H33F2N3O4/c1-17-22(23-13-21(36-2)10-11-25(23)32-17)14-26(34)33-27-7-5-3-4-6-19(16-37-27)28(35)31-15-18-8-9-20(29)12-24(18)30/h8-13,19,27,32H,3-7,14-16H2,1-2H3,(H,31,35)(H,33,34). The van der Waals surface area contributed by atoms with Crippen molar-refractivity contribution in [2.75, 3.05) is 13.7 Å². The van der Waals surface area contributed by atoms with Gasteiger partial charge in [-0.15, -0.1) is 0 Å². The minimum Gasteiger partial charge on any atom is -0.497 e. The van der Waals surface area contributed by atoms with Crippen LogP contribution in [0.2, 0.25) is 0 Å². The van der Waals surface area contributed by atoms with E-state index in [-0.39, 0.29) is 37.0 Å². The lowest BCUT2D eigenvalue weighted by molar-refractivity contribution is -0.130. The molecule has 9 heteroatoms. The van der Waals surface area contributed by atoms with Crippen LogP contribution >= 0.6 is 0 Å². The van der Waals surface area contributed by atoms with E-state index < -0.39 is 23.8 Å². The zero-order valence-corrected chi connectivity index (χ0v) is 21.2. The zero-order chi connectivity index (χ0) is 26.4. The molecule has 2 heterocycles. The topological polar surface area (TPSA) is 92.5 Å². The maximum absolute atomic E-state index is 13.9.